The van der Waals surface area contributed by atoms with E-state index in [-0.39, 0.29) is 6.10 Å². The van der Waals surface area contributed by atoms with Gasteiger partial charge in [0, 0.05) is 0 Å². The monoisotopic (exact) mass is 188 g/mol. The molecule has 0 saturated heterocycles. The zero-order chi connectivity index (χ0) is 9.80. The van der Waals surface area contributed by atoms with Gasteiger partial charge in [0.15, 0.2) is 0 Å². The van der Waals surface area contributed by atoms with E-state index >= 15 is 0 Å². The third kappa shape index (κ3) is 2.24. The second kappa shape index (κ2) is 4.43. The number of hydrogen-bond acceptors (Lipinski definition) is 1. The van der Waals surface area contributed by atoms with Crippen LogP contribution in [0.3, 0.4) is 0 Å². The fraction of sp³-hybridized carbons (Fsp3) is 0.385. The fourth-order valence-electron chi connectivity index (χ4n) is 1.95. The Morgan fingerprint density at radius 1 is 1.14 bits per heavy atom. The molecule has 0 aliphatic heterocycles. The highest BCUT2D eigenvalue weighted by Crippen LogP contribution is 2.25. The van der Waals surface area contributed by atoms with Crippen molar-refractivity contribution in [3.05, 3.63) is 41.5 Å². The maximum atomic E-state index is 9.76. The van der Waals surface area contributed by atoms with Crippen LogP contribution in [0.5, 0.6) is 0 Å². The van der Waals surface area contributed by atoms with E-state index < -0.39 is 0 Å². The van der Waals surface area contributed by atoms with Crippen molar-refractivity contribution < 1.29 is 5.11 Å². The van der Waals surface area contributed by atoms with Gasteiger partial charge in [-0.15, -0.1) is 0 Å². The van der Waals surface area contributed by atoms with Crippen LogP contribution < -0.4 is 0 Å². The minimum absolute atomic E-state index is 0.205. The summed E-state index contributed by atoms with van der Waals surface area (Å²) in [4.78, 5) is 0. The van der Waals surface area contributed by atoms with Crippen molar-refractivity contribution in [2.45, 2.75) is 31.8 Å². The Bertz CT molecular complexity index is 313. The highest BCUT2D eigenvalue weighted by atomic mass is 16.3. The molecule has 1 aliphatic rings. The summed E-state index contributed by atoms with van der Waals surface area (Å²) in [7, 11) is 0. The molecule has 1 nitrogen and oxygen atoms in total. The van der Waals surface area contributed by atoms with Gasteiger partial charge in [0.05, 0.1) is 6.10 Å². The zero-order valence-corrected chi connectivity index (χ0v) is 8.32. The van der Waals surface area contributed by atoms with Gasteiger partial charge in [0.2, 0.25) is 0 Å². The molecular weight excluding hydrogens is 172 g/mol. The molecule has 0 amide bonds. The highest BCUT2D eigenvalue weighted by Gasteiger charge is 2.15. The van der Waals surface area contributed by atoms with Crippen LogP contribution in [0, 0.1) is 0 Å². The van der Waals surface area contributed by atoms with Gasteiger partial charge in [-0.1, -0.05) is 42.8 Å². The number of benzene rings is 1. The van der Waals surface area contributed by atoms with Gasteiger partial charge in [-0.05, 0) is 30.4 Å². The second-order valence-corrected chi connectivity index (χ2v) is 3.89. The van der Waals surface area contributed by atoms with Crippen molar-refractivity contribution in [3.8, 4) is 0 Å². The Labute approximate surface area is 85.1 Å². The Hall–Kier alpha value is -1.08. The van der Waals surface area contributed by atoms with E-state index in [4.69, 9.17) is 0 Å². The molecule has 0 radical (unpaired) electrons. The van der Waals surface area contributed by atoms with Crippen LogP contribution in [0.25, 0.3) is 6.08 Å². The lowest BCUT2D eigenvalue weighted by Gasteiger charge is -2.20. The summed E-state index contributed by atoms with van der Waals surface area (Å²) in [5.41, 5.74) is 2.39. The van der Waals surface area contributed by atoms with Crippen molar-refractivity contribution in [3.63, 3.8) is 0 Å². The van der Waals surface area contributed by atoms with Crippen molar-refractivity contribution in [2.24, 2.45) is 0 Å². The molecule has 0 aromatic heterocycles. The lowest BCUT2D eigenvalue weighted by molar-refractivity contribution is 0.180. The molecule has 1 saturated carbocycles. The van der Waals surface area contributed by atoms with Crippen molar-refractivity contribution >= 4 is 6.08 Å². The molecule has 1 atom stereocenters. The fourth-order valence-corrected chi connectivity index (χ4v) is 1.95. The first kappa shape index (κ1) is 9.47. The first-order valence-corrected chi connectivity index (χ1v) is 5.30. The minimum Gasteiger partial charge on any atom is -0.389 e. The van der Waals surface area contributed by atoms with E-state index in [0.717, 1.165) is 19.3 Å². The average molecular weight is 188 g/mol. The molecule has 1 fully saturated rings. The summed E-state index contributed by atoms with van der Waals surface area (Å²) in [6.07, 6.45) is 6.28. The van der Waals surface area contributed by atoms with Crippen LogP contribution in [-0.4, -0.2) is 11.2 Å². The van der Waals surface area contributed by atoms with E-state index in [1.807, 2.05) is 18.2 Å². The Morgan fingerprint density at radius 2 is 1.93 bits per heavy atom. The third-order valence-corrected chi connectivity index (χ3v) is 2.77. The molecule has 1 N–H and O–H groups in total. The summed E-state index contributed by atoms with van der Waals surface area (Å²) in [5, 5.41) is 9.76. The Morgan fingerprint density at radius 3 is 2.64 bits per heavy atom. The molecule has 74 valence electrons. The van der Waals surface area contributed by atoms with E-state index in [0.29, 0.717) is 0 Å². The predicted molar refractivity (Wildman–Crippen MR) is 58.9 cm³/mol. The van der Waals surface area contributed by atoms with Gasteiger partial charge < -0.3 is 5.11 Å². The standard InChI is InChI=1S/C13H16O/c14-13-9-5-4-8-12(13)10-11-6-2-1-3-7-11/h1-3,6-7,10,13-14H,4-5,8-9H2. The Kier molecular flexibility index (Phi) is 3.00. The van der Waals surface area contributed by atoms with Crippen LogP contribution in [-0.2, 0) is 0 Å². The van der Waals surface area contributed by atoms with Crippen molar-refractivity contribution in [2.75, 3.05) is 0 Å². The molecule has 1 aromatic carbocycles. The minimum atomic E-state index is -0.205. The molecule has 1 aromatic rings. The van der Waals surface area contributed by atoms with Crippen LogP contribution in [0.15, 0.2) is 35.9 Å². The Balaban J connectivity index is 2.17. The number of rotatable bonds is 1. The number of aliphatic hydroxyl groups is 1. The summed E-state index contributed by atoms with van der Waals surface area (Å²) in [6, 6.07) is 10.2. The number of hydrogen-bond donors (Lipinski definition) is 1. The van der Waals surface area contributed by atoms with Crippen LogP contribution in [0.4, 0.5) is 0 Å². The lowest BCUT2D eigenvalue weighted by atomic mass is 9.91. The van der Waals surface area contributed by atoms with Crippen molar-refractivity contribution in [1.29, 1.82) is 0 Å². The molecule has 0 bridgehead atoms. The van der Waals surface area contributed by atoms with Gasteiger partial charge in [-0.25, -0.2) is 0 Å². The molecule has 0 spiro atoms. The van der Waals surface area contributed by atoms with Crippen LogP contribution in [0.2, 0.25) is 0 Å². The molecule has 1 heteroatoms. The van der Waals surface area contributed by atoms with E-state index in [1.54, 1.807) is 0 Å². The third-order valence-electron chi connectivity index (χ3n) is 2.77. The summed E-state index contributed by atoms with van der Waals surface area (Å²) in [5.74, 6) is 0. The first-order valence-electron chi connectivity index (χ1n) is 5.30. The van der Waals surface area contributed by atoms with Gasteiger partial charge in [0.1, 0.15) is 0 Å². The molecule has 0 heterocycles. The predicted octanol–water partition coefficient (Wildman–Crippen LogP) is 3.00. The second-order valence-electron chi connectivity index (χ2n) is 3.89. The smallest absolute Gasteiger partial charge is 0.0753 e. The van der Waals surface area contributed by atoms with Gasteiger partial charge in [-0.3, -0.25) is 0 Å². The molecule has 1 unspecified atom stereocenters. The SMILES string of the molecule is OC1CCCCC1=Cc1ccccc1. The summed E-state index contributed by atoms with van der Waals surface area (Å²) >= 11 is 0. The largest absolute Gasteiger partial charge is 0.389 e. The maximum absolute atomic E-state index is 9.76. The first-order chi connectivity index (χ1) is 6.86. The maximum Gasteiger partial charge on any atom is 0.0753 e. The quantitative estimate of drug-likeness (QED) is 0.718. The topological polar surface area (TPSA) is 20.2 Å². The molecule has 1 aliphatic carbocycles. The van der Waals surface area contributed by atoms with Crippen molar-refractivity contribution in [1.82, 2.24) is 0 Å². The zero-order valence-electron chi connectivity index (χ0n) is 8.32. The molecular formula is C13H16O. The highest BCUT2D eigenvalue weighted by molar-refractivity contribution is 5.53. The van der Waals surface area contributed by atoms with E-state index in [1.165, 1.54) is 17.6 Å². The summed E-state index contributed by atoms with van der Waals surface area (Å²) in [6.45, 7) is 0. The van der Waals surface area contributed by atoms with Crippen LogP contribution in [0.1, 0.15) is 31.2 Å². The van der Waals surface area contributed by atoms with Crippen LogP contribution >= 0.6 is 0 Å². The van der Waals surface area contributed by atoms with Gasteiger partial charge >= 0.3 is 0 Å². The normalized spacial score (nSPS) is 25.2. The summed E-state index contributed by atoms with van der Waals surface area (Å²) < 4.78 is 0. The lowest BCUT2D eigenvalue weighted by Crippen LogP contribution is -2.14. The molecule has 14 heavy (non-hydrogen) atoms. The van der Waals surface area contributed by atoms with E-state index in [2.05, 4.69) is 18.2 Å². The van der Waals surface area contributed by atoms with E-state index in [9.17, 15) is 5.11 Å². The number of aliphatic hydroxyl groups excluding tert-OH is 1. The van der Waals surface area contributed by atoms with Gasteiger partial charge in [-0.2, -0.15) is 0 Å². The van der Waals surface area contributed by atoms with Gasteiger partial charge in [0.25, 0.3) is 0 Å². The molecule has 2 rings (SSSR count). The average Bonchev–Trinajstić information content (AvgIpc) is 2.23.